The van der Waals surface area contributed by atoms with Crippen LogP contribution in [0.4, 0.5) is 5.69 Å². The molecule has 5 aromatic rings. The first-order chi connectivity index (χ1) is 17.0. The molecule has 3 aromatic carbocycles. The van der Waals surface area contributed by atoms with Gasteiger partial charge in [-0.05, 0) is 42.3 Å². The summed E-state index contributed by atoms with van der Waals surface area (Å²) < 4.78 is 1.28. The van der Waals surface area contributed by atoms with Gasteiger partial charge in [-0.25, -0.2) is 4.98 Å². The van der Waals surface area contributed by atoms with Gasteiger partial charge < -0.3 is 4.90 Å². The van der Waals surface area contributed by atoms with Gasteiger partial charge in [0, 0.05) is 22.5 Å². The molecule has 0 saturated carbocycles. The zero-order valence-corrected chi connectivity index (χ0v) is 19.7. The lowest BCUT2D eigenvalue weighted by Gasteiger charge is -2.27. The second-order valence-corrected chi connectivity index (χ2v) is 8.63. The topological polar surface area (TPSA) is 83.4 Å². The molecule has 0 atom stereocenters. The van der Waals surface area contributed by atoms with Crippen molar-refractivity contribution in [2.24, 2.45) is 0 Å². The number of hydrogen-bond acceptors (Lipinski definition) is 4. The minimum absolute atomic E-state index is 0.110. The number of aromatic nitrogens is 4. The number of aryl methyl sites for hydroxylation is 1. The molecule has 0 aliphatic heterocycles. The minimum Gasteiger partial charge on any atom is -0.304 e. The first-order valence-corrected chi connectivity index (χ1v) is 11.5. The van der Waals surface area contributed by atoms with Crippen LogP contribution in [0.3, 0.4) is 0 Å². The number of aromatic amines is 1. The SMILES string of the molecule is Cc1cc(=O)n2[nH]c(CN(C(=O)C(c3ccccc3)c3ccccc3)c3ccc(Cl)cc3)nc2n1. The first-order valence-electron chi connectivity index (χ1n) is 11.1. The molecule has 0 radical (unpaired) electrons. The summed E-state index contributed by atoms with van der Waals surface area (Å²) in [4.78, 5) is 37.1. The Morgan fingerprint density at radius 3 is 2.14 bits per heavy atom. The van der Waals surface area contributed by atoms with Crippen molar-refractivity contribution >= 4 is 29.0 Å². The number of nitrogens with one attached hydrogen (secondary N) is 1. The third kappa shape index (κ3) is 4.72. The highest BCUT2D eigenvalue weighted by atomic mass is 35.5. The fourth-order valence-electron chi connectivity index (χ4n) is 4.10. The fourth-order valence-corrected chi connectivity index (χ4v) is 4.23. The molecule has 7 nitrogen and oxygen atoms in total. The normalized spacial score (nSPS) is 11.2. The summed E-state index contributed by atoms with van der Waals surface area (Å²) in [6.07, 6.45) is 0. The Labute approximate surface area is 206 Å². The first kappa shape index (κ1) is 22.6. The van der Waals surface area contributed by atoms with E-state index in [9.17, 15) is 9.59 Å². The van der Waals surface area contributed by atoms with Crippen molar-refractivity contribution in [2.45, 2.75) is 19.4 Å². The Hall–Kier alpha value is -4.23. The molecule has 5 rings (SSSR count). The van der Waals surface area contributed by atoms with E-state index in [1.165, 1.54) is 10.6 Å². The summed E-state index contributed by atoms with van der Waals surface area (Å²) in [5, 5.41) is 3.55. The number of benzene rings is 3. The zero-order valence-electron chi connectivity index (χ0n) is 18.9. The highest BCUT2D eigenvalue weighted by Gasteiger charge is 2.29. The summed E-state index contributed by atoms with van der Waals surface area (Å²) in [5.74, 6) is 0.0155. The molecule has 1 amide bonds. The lowest BCUT2D eigenvalue weighted by Crippen LogP contribution is -2.35. The molecule has 8 heteroatoms. The number of anilines is 1. The molecular weight excluding hydrogens is 462 g/mol. The summed E-state index contributed by atoms with van der Waals surface area (Å²) >= 11 is 6.13. The number of halogens is 1. The van der Waals surface area contributed by atoms with Crippen LogP contribution in [-0.4, -0.2) is 25.5 Å². The molecule has 2 aromatic heterocycles. The standard InChI is InChI=1S/C27H22ClN5O2/c1-18-16-24(34)33-27(29-18)30-23(31-33)17-32(22-14-12-21(28)13-15-22)26(35)25(19-8-4-2-5-9-19)20-10-6-3-7-11-20/h2-16,25H,17H2,1H3,(H,29,30,31). The zero-order chi connectivity index (χ0) is 24.4. The number of nitrogens with zero attached hydrogens (tertiary/aromatic N) is 4. The molecule has 0 saturated heterocycles. The van der Waals surface area contributed by atoms with Crippen LogP contribution in [0.1, 0.15) is 28.6 Å². The van der Waals surface area contributed by atoms with Crippen LogP contribution in [0.5, 0.6) is 0 Å². The van der Waals surface area contributed by atoms with E-state index in [0.717, 1.165) is 11.1 Å². The Bertz CT molecular complexity index is 1490. The van der Waals surface area contributed by atoms with Crippen LogP contribution in [0.2, 0.25) is 5.02 Å². The van der Waals surface area contributed by atoms with Crippen molar-refractivity contribution in [2.75, 3.05) is 4.90 Å². The number of rotatable bonds is 6. The quantitative estimate of drug-likeness (QED) is 0.378. The van der Waals surface area contributed by atoms with Gasteiger partial charge in [0.05, 0.1) is 12.5 Å². The molecule has 0 aliphatic rings. The van der Waals surface area contributed by atoms with E-state index < -0.39 is 5.92 Å². The molecular formula is C27H22ClN5O2. The maximum absolute atomic E-state index is 14.2. The van der Waals surface area contributed by atoms with Gasteiger partial charge in [-0.15, -0.1) is 0 Å². The fraction of sp³-hybridized carbons (Fsp3) is 0.111. The van der Waals surface area contributed by atoms with E-state index >= 15 is 0 Å². The number of amides is 1. The summed E-state index contributed by atoms with van der Waals surface area (Å²) in [6.45, 7) is 1.85. The molecule has 0 aliphatic carbocycles. The highest BCUT2D eigenvalue weighted by Crippen LogP contribution is 2.30. The van der Waals surface area contributed by atoms with E-state index in [2.05, 4.69) is 15.1 Å². The lowest BCUT2D eigenvalue weighted by atomic mass is 9.90. The van der Waals surface area contributed by atoms with Crippen LogP contribution in [0.15, 0.2) is 95.8 Å². The summed E-state index contributed by atoms with van der Waals surface area (Å²) in [5.41, 5.74) is 2.73. The third-order valence-corrected chi connectivity index (χ3v) is 5.98. The summed E-state index contributed by atoms with van der Waals surface area (Å²) in [6, 6.07) is 27.8. The molecule has 0 bridgehead atoms. The average Bonchev–Trinajstić information content (AvgIpc) is 3.27. The number of hydrogen-bond donors (Lipinski definition) is 1. The maximum atomic E-state index is 14.2. The van der Waals surface area contributed by atoms with Gasteiger partial charge >= 0.3 is 0 Å². The van der Waals surface area contributed by atoms with E-state index in [4.69, 9.17) is 11.6 Å². The largest absolute Gasteiger partial charge is 0.304 e. The van der Waals surface area contributed by atoms with E-state index in [0.29, 0.717) is 22.2 Å². The lowest BCUT2D eigenvalue weighted by molar-refractivity contribution is -0.119. The molecule has 35 heavy (non-hydrogen) atoms. The van der Waals surface area contributed by atoms with Crippen molar-refractivity contribution in [1.82, 2.24) is 19.6 Å². The van der Waals surface area contributed by atoms with Gasteiger partial charge in [0.25, 0.3) is 11.3 Å². The monoisotopic (exact) mass is 483 g/mol. The van der Waals surface area contributed by atoms with Crippen molar-refractivity contribution in [1.29, 1.82) is 0 Å². The molecule has 174 valence electrons. The number of carbonyl (C=O) groups excluding carboxylic acids is 1. The van der Waals surface area contributed by atoms with Crippen LogP contribution in [0.25, 0.3) is 5.78 Å². The summed E-state index contributed by atoms with van der Waals surface area (Å²) in [7, 11) is 0. The van der Waals surface area contributed by atoms with Gasteiger partial charge in [0.15, 0.2) is 0 Å². The predicted molar refractivity (Wildman–Crippen MR) is 136 cm³/mol. The van der Waals surface area contributed by atoms with Crippen LogP contribution in [0, 0.1) is 6.92 Å². The van der Waals surface area contributed by atoms with Crippen LogP contribution in [-0.2, 0) is 11.3 Å². The van der Waals surface area contributed by atoms with Crippen molar-refractivity contribution in [3.8, 4) is 0 Å². The van der Waals surface area contributed by atoms with E-state index in [1.54, 1.807) is 36.1 Å². The van der Waals surface area contributed by atoms with Crippen LogP contribution < -0.4 is 10.5 Å². The van der Waals surface area contributed by atoms with Gasteiger partial charge in [-0.1, -0.05) is 72.3 Å². The van der Waals surface area contributed by atoms with Gasteiger partial charge in [0.2, 0.25) is 5.91 Å². The smallest absolute Gasteiger partial charge is 0.274 e. The van der Waals surface area contributed by atoms with E-state index in [1.807, 2.05) is 60.7 Å². The minimum atomic E-state index is -0.541. The number of carbonyl (C=O) groups is 1. The average molecular weight is 484 g/mol. The Kier molecular flexibility index (Phi) is 6.16. The predicted octanol–water partition coefficient (Wildman–Crippen LogP) is 4.74. The third-order valence-electron chi connectivity index (χ3n) is 5.73. The molecule has 0 unspecified atom stereocenters. The molecule has 0 fully saturated rings. The highest BCUT2D eigenvalue weighted by molar-refractivity contribution is 6.30. The molecule has 2 heterocycles. The van der Waals surface area contributed by atoms with Crippen molar-refractivity contribution in [3.63, 3.8) is 0 Å². The molecule has 0 spiro atoms. The Balaban J connectivity index is 1.61. The van der Waals surface area contributed by atoms with Gasteiger partial charge in [-0.2, -0.15) is 9.50 Å². The number of H-pyrrole nitrogens is 1. The van der Waals surface area contributed by atoms with Crippen molar-refractivity contribution < 1.29 is 4.79 Å². The van der Waals surface area contributed by atoms with Crippen molar-refractivity contribution in [3.05, 3.63) is 129 Å². The second-order valence-electron chi connectivity index (χ2n) is 8.20. The number of fused-ring (bicyclic) bond motifs is 1. The maximum Gasteiger partial charge on any atom is 0.274 e. The van der Waals surface area contributed by atoms with Crippen LogP contribution >= 0.6 is 11.6 Å². The molecule has 1 N–H and O–H groups in total. The van der Waals surface area contributed by atoms with E-state index in [-0.39, 0.29) is 23.8 Å². The Morgan fingerprint density at radius 1 is 0.943 bits per heavy atom. The van der Waals surface area contributed by atoms with Gasteiger partial charge in [-0.3, -0.25) is 14.7 Å². The van der Waals surface area contributed by atoms with Gasteiger partial charge in [0.1, 0.15) is 5.82 Å². The Morgan fingerprint density at radius 2 is 1.54 bits per heavy atom. The second kappa shape index (κ2) is 9.56.